The zero-order valence-corrected chi connectivity index (χ0v) is 15.1. The third-order valence-electron chi connectivity index (χ3n) is 4.14. The molecule has 2 aromatic rings. The zero-order valence-electron chi connectivity index (χ0n) is 14.2. The molecule has 0 spiro atoms. The van der Waals surface area contributed by atoms with Crippen LogP contribution in [0.4, 0.5) is 15.8 Å². The van der Waals surface area contributed by atoms with Crippen LogP contribution in [0.5, 0.6) is 5.75 Å². The molecule has 1 N–H and O–H groups in total. The van der Waals surface area contributed by atoms with E-state index in [1.54, 1.807) is 18.2 Å². The Morgan fingerprint density at radius 2 is 2.00 bits per heavy atom. The fraction of sp³-hybridized carbons (Fsp3) is 0.278. The Hall–Kier alpha value is -2.61. The lowest BCUT2D eigenvalue weighted by molar-refractivity contribution is 0.102. The number of ether oxygens (including phenoxy) is 1. The van der Waals surface area contributed by atoms with Gasteiger partial charge in [-0.15, -0.1) is 0 Å². The number of hydrogen-bond donors (Lipinski definition) is 1. The van der Waals surface area contributed by atoms with Crippen molar-refractivity contribution >= 4 is 27.3 Å². The summed E-state index contributed by atoms with van der Waals surface area (Å²) in [5, 5.41) is 2.66. The van der Waals surface area contributed by atoms with Gasteiger partial charge >= 0.3 is 0 Å². The van der Waals surface area contributed by atoms with Crippen LogP contribution < -0.4 is 14.4 Å². The molecule has 1 fully saturated rings. The van der Waals surface area contributed by atoms with E-state index in [0.717, 1.165) is 12.5 Å². The quantitative estimate of drug-likeness (QED) is 0.887. The zero-order chi connectivity index (χ0) is 18.7. The first kappa shape index (κ1) is 18.2. The van der Waals surface area contributed by atoms with Crippen LogP contribution in [-0.4, -0.2) is 33.7 Å². The van der Waals surface area contributed by atoms with Gasteiger partial charge in [0.25, 0.3) is 5.91 Å². The largest absolute Gasteiger partial charge is 0.495 e. The van der Waals surface area contributed by atoms with Crippen LogP contribution in [0, 0.1) is 5.82 Å². The number of carbonyl (C=O) groups excluding carboxylic acids is 1. The van der Waals surface area contributed by atoms with Crippen LogP contribution in [-0.2, 0) is 10.0 Å². The van der Waals surface area contributed by atoms with Crippen LogP contribution in [0.25, 0.3) is 0 Å². The normalized spacial score (nSPS) is 16.2. The first-order chi connectivity index (χ1) is 12.4. The van der Waals surface area contributed by atoms with Gasteiger partial charge in [-0.2, -0.15) is 0 Å². The summed E-state index contributed by atoms with van der Waals surface area (Å²) in [6.07, 6.45) is 1.37. The second-order valence-electron chi connectivity index (χ2n) is 5.95. The summed E-state index contributed by atoms with van der Waals surface area (Å²) in [5.74, 6) is -0.510. The Morgan fingerprint density at radius 3 is 2.69 bits per heavy atom. The lowest BCUT2D eigenvalue weighted by atomic mass is 10.2. The molecule has 0 bridgehead atoms. The Kier molecular flexibility index (Phi) is 5.13. The SMILES string of the molecule is COc1ccc(NC(=O)c2cccc(F)c2)cc1N1CCCCS1(=O)=O. The second kappa shape index (κ2) is 7.33. The number of halogens is 1. The molecule has 138 valence electrons. The van der Waals surface area contributed by atoms with E-state index >= 15 is 0 Å². The molecule has 8 heteroatoms. The minimum atomic E-state index is -3.42. The molecule has 1 aliphatic rings. The van der Waals surface area contributed by atoms with Crippen molar-refractivity contribution in [3.8, 4) is 5.75 Å². The van der Waals surface area contributed by atoms with Gasteiger partial charge < -0.3 is 10.1 Å². The lowest BCUT2D eigenvalue weighted by Crippen LogP contribution is -2.38. The van der Waals surface area contributed by atoms with Crippen LogP contribution in [0.3, 0.4) is 0 Å². The van der Waals surface area contributed by atoms with Crippen molar-refractivity contribution in [3.63, 3.8) is 0 Å². The summed E-state index contributed by atoms with van der Waals surface area (Å²) >= 11 is 0. The fourth-order valence-electron chi connectivity index (χ4n) is 2.86. The number of benzene rings is 2. The Bertz CT molecular complexity index is 931. The number of hydrogen-bond acceptors (Lipinski definition) is 4. The maximum Gasteiger partial charge on any atom is 0.255 e. The van der Waals surface area contributed by atoms with Gasteiger partial charge in [-0.3, -0.25) is 9.10 Å². The smallest absolute Gasteiger partial charge is 0.255 e. The third kappa shape index (κ3) is 3.80. The van der Waals surface area contributed by atoms with Gasteiger partial charge in [-0.05, 0) is 49.2 Å². The van der Waals surface area contributed by atoms with E-state index in [4.69, 9.17) is 4.74 Å². The second-order valence-corrected chi connectivity index (χ2v) is 7.96. The Morgan fingerprint density at radius 1 is 1.19 bits per heavy atom. The molecule has 0 unspecified atom stereocenters. The van der Waals surface area contributed by atoms with Gasteiger partial charge in [-0.1, -0.05) is 6.07 Å². The molecule has 0 aromatic heterocycles. The third-order valence-corrected chi connectivity index (χ3v) is 6.00. The van der Waals surface area contributed by atoms with Crippen molar-refractivity contribution in [2.24, 2.45) is 0 Å². The number of nitrogens with one attached hydrogen (secondary N) is 1. The number of anilines is 2. The van der Waals surface area contributed by atoms with E-state index in [1.807, 2.05) is 0 Å². The van der Waals surface area contributed by atoms with Gasteiger partial charge in [0.1, 0.15) is 11.6 Å². The van der Waals surface area contributed by atoms with E-state index < -0.39 is 21.7 Å². The molecule has 0 aliphatic carbocycles. The van der Waals surface area contributed by atoms with Crippen LogP contribution >= 0.6 is 0 Å². The number of nitrogens with zero attached hydrogens (tertiary/aromatic N) is 1. The highest BCUT2D eigenvalue weighted by Gasteiger charge is 2.28. The lowest BCUT2D eigenvalue weighted by Gasteiger charge is -2.29. The van der Waals surface area contributed by atoms with Crippen molar-refractivity contribution < 1.29 is 22.3 Å². The van der Waals surface area contributed by atoms with E-state index in [0.29, 0.717) is 30.1 Å². The molecule has 1 amide bonds. The molecule has 1 aliphatic heterocycles. The highest BCUT2D eigenvalue weighted by molar-refractivity contribution is 7.92. The highest BCUT2D eigenvalue weighted by atomic mass is 32.2. The average Bonchev–Trinajstić information content (AvgIpc) is 2.61. The van der Waals surface area contributed by atoms with E-state index in [1.165, 1.54) is 29.6 Å². The topological polar surface area (TPSA) is 75.7 Å². The maximum atomic E-state index is 13.3. The Labute approximate surface area is 151 Å². The monoisotopic (exact) mass is 378 g/mol. The Balaban J connectivity index is 1.91. The summed E-state index contributed by atoms with van der Waals surface area (Å²) in [5.41, 5.74) is 0.952. The number of methoxy groups -OCH3 is 1. The standard InChI is InChI=1S/C18H19FN2O4S/c1-25-17-8-7-15(20-18(22)13-5-4-6-14(19)11-13)12-16(17)21-9-2-3-10-26(21,23)24/h4-8,11-12H,2-3,9-10H2,1H3,(H,20,22). The minimum Gasteiger partial charge on any atom is -0.495 e. The van der Waals surface area contributed by atoms with Gasteiger partial charge in [-0.25, -0.2) is 12.8 Å². The molecule has 2 aromatic carbocycles. The highest BCUT2D eigenvalue weighted by Crippen LogP contribution is 2.35. The van der Waals surface area contributed by atoms with Gasteiger partial charge in [0.15, 0.2) is 0 Å². The van der Waals surface area contributed by atoms with Crippen molar-refractivity contribution in [3.05, 3.63) is 53.8 Å². The predicted molar refractivity (Wildman–Crippen MR) is 97.7 cm³/mol. The number of amides is 1. The summed E-state index contributed by atoms with van der Waals surface area (Å²) in [6, 6.07) is 10.1. The fourth-order valence-corrected chi connectivity index (χ4v) is 4.49. The van der Waals surface area contributed by atoms with Gasteiger partial charge in [0, 0.05) is 17.8 Å². The molecule has 0 saturated carbocycles. The van der Waals surface area contributed by atoms with Crippen molar-refractivity contribution in [2.75, 3.05) is 29.0 Å². The molecule has 3 rings (SSSR count). The number of rotatable bonds is 4. The molecule has 1 saturated heterocycles. The minimum absolute atomic E-state index is 0.0794. The summed E-state index contributed by atoms with van der Waals surface area (Å²) in [6.45, 7) is 0.361. The molecule has 6 nitrogen and oxygen atoms in total. The van der Waals surface area contributed by atoms with E-state index in [9.17, 15) is 17.6 Å². The average molecular weight is 378 g/mol. The first-order valence-corrected chi connectivity index (χ1v) is 9.77. The summed E-state index contributed by atoms with van der Waals surface area (Å²) < 4.78 is 44.7. The van der Waals surface area contributed by atoms with Gasteiger partial charge in [0.2, 0.25) is 10.0 Å². The molecule has 26 heavy (non-hydrogen) atoms. The van der Waals surface area contributed by atoms with Crippen molar-refractivity contribution in [2.45, 2.75) is 12.8 Å². The van der Waals surface area contributed by atoms with Crippen molar-refractivity contribution in [1.82, 2.24) is 0 Å². The molecule has 0 atom stereocenters. The molecular weight excluding hydrogens is 359 g/mol. The van der Waals surface area contributed by atoms with E-state index in [-0.39, 0.29) is 11.3 Å². The first-order valence-electron chi connectivity index (χ1n) is 8.16. The molecular formula is C18H19FN2O4S. The van der Waals surface area contributed by atoms with Crippen molar-refractivity contribution in [1.29, 1.82) is 0 Å². The van der Waals surface area contributed by atoms with Gasteiger partial charge in [0.05, 0.1) is 18.6 Å². The molecule has 0 radical (unpaired) electrons. The van der Waals surface area contributed by atoms with Crippen LogP contribution in [0.15, 0.2) is 42.5 Å². The summed E-state index contributed by atoms with van der Waals surface area (Å²) in [4.78, 5) is 12.3. The molecule has 1 heterocycles. The van der Waals surface area contributed by atoms with Crippen LogP contribution in [0.2, 0.25) is 0 Å². The summed E-state index contributed by atoms with van der Waals surface area (Å²) in [7, 11) is -1.96. The maximum absolute atomic E-state index is 13.3. The van der Waals surface area contributed by atoms with Crippen LogP contribution in [0.1, 0.15) is 23.2 Å². The predicted octanol–water partition coefficient (Wildman–Crippen LogP) is 3.02. The number of sulfonamides is 1. The number of carbonyl (C=O) groups is 1. The van der Waals surface area contributed by atoms with E-state index in [2.05, 4.69) is 5.32 Å².